The van der Waals surface area contributed by atoms with Crippen molar-refractivity contribution in [1.29, 1.82) is 0 Å². The number of unbranched alkanes of at least 4 members (excludes halogenated alkanes) is 4. The Morgan fingerprint density at radius 1 is 0.774 bits per heavy atom. The molecular formula is C28H34OS2. The van der Waals surface area contributed by atoms with Gasteiger partial charge in [-0.3, -0.25) is 0 Å². The van der Waals surface area contributed by atoms with E-state index in [-0.39, 0.29) is 0 Å². The van der Waals surface area contributed by atoms with E-state index < -0.39 is 0 Å². The normalized spacial score (nSPS) is 12.6. The summed E-state index contributed by atoms with van der Waals surface area (Å²) in [5.74, 6) is 0.750. The molecule has 0 aliphatic heterocycles. The first-order chi connectivity index (χ1) is 15.3. The third-order valence-electron chi connectivity index (χ3n) is 6.18. The summed E-state index contributed by atoms with van der Waals surface area (Å²) in [5.41, 5.74) is 1.43. The second kappa shape index (κ2) is 11.2. The van der Waals surface area contributed by atoms with Crippen molar-refractivity contribution in [3.63, 3.8) is 0 Å². The number of rotatable bonds is 12. The van der Waals surface area contributed by atoms with Crippen molar-refractivity contribution in [2.75, 3.05) is 0 Å². The predicted octanol–water partition coefficient (Wildman–Crippen LogP) is 10.2. The molecule has 0 saturated heterocycles. The standard InChI is InChI=1S/C28H34OS2/c1-3-5-7-8-14-21(13-6-4-2)19-24-23-16-10-12-18-26(23)31-28(24)29-27-20-22-15-9-11-17-25(22)30-27/h9-12,15-18,20-21H,3-8,13-14,19H2,1-2H3. The Bertz CT molecular complexity index is 1060. The SMILES string of the molecule is CCCCCCC(CCCC)Cc1c(Oc2cc3ccccc3s2)sc2ccccc12. The van der Waals surface area contributed by atoms with Gasteiger partial charge in [0.15, 0.2) is 10.1 Å². The van der Waals surface area contributed by atoms with Gasteiger partial charge in [0.2, 0.25) is 0 Å². The van der Waals surface area contributed by atoms with E-state index >= 15 is 0 Å². The predicted molar refractivity (Wildman–Crippen MR) is 139 cm³/mol. The van der Waals surface area contributed by atoms with Crippen molar-refractivity contribution in [2.24, 2.45) is 5.92 Å². The molecule has 31 heavy (non-hydrogen) atoms. The fraction of sp³-hybridized carbons (Fsp3) is 0.429. The van der Waals surface area contributed by atoms with Gasteiger partial charge in [-0.05, 0) is 35.2 Å². The van der Waals surface area contributed by atoms with Crippen molar-refractivity contribution < 1.29 is 4.74 Å². The van der Waals surface area contributed by atoms with Crippen LogP contribution < -0.4 is 4.74 Å². The average Bonchev–Trinajstić information content (AvgIpc) is 3.35. The maximum absolute atomic E-state index is 6.56. The minimum atomic E-state index is 0.750. The molecule has 4 rings (SSSR count). The molecule has 0 radical (unpaired) electrons. The lowest BCUT2D eigenvalue weighted by molar-refractivity contribution is 0.405. The smallest absolute Gasteiger partial charge is 0.186 e. The number of fused-ring (bicyclic) bond motifs is 2. The lowest BCUT2D eigenvalue weighted by atomic mass is 9.89. The zero-order valence-corrected chi connectivity index (χ0v) is 20.5. The molecular weight excluding hydrogens is 416 g/mol. The lowest BCUT2D eigenvalue weighted by Gasteiger charge is -2.17. The lowest BCUT2D eigenvalue weighted by Crippen LogP contribution is -2.05. The number of hydrogen-bond donors (Lipinski definition) is 0. The van der Waals surface area contributed by atoms with E-state index in [0.29, 0.717) is 0 Å². The van der Waals surface area contributed by atoms with Crippen molar-refractivity contribution in [3.8, 4) is 10.1 Å². The number of ether oxygens (including phenoxy) is 1. The van der Waals surface area contributed by atoms with Gasteiger partial charge in [0, 0.05) is 21.0 Å². The van der Waals surface area contributed by atoms with Crippen LogP contribution in [0.4, 0.5) is 0 Å². The van der Waals surface area contributed by atoms with E-state index in [0.717, 1.165) is 22.5 Å². The summed E-state index contributed by atoms with van der Waals surface area (Å²) in [6.07, 6.45) is 11.8. The van der Waals surface area contributed by atoms with Gasteiger partial charge in [-0.2, -0.15) is 0 Å². The van der Waals surface area contributed by atoms with Crippen LogP contribution in [0.2, 0.25) is 0 Å². The minimum absolute atomic E-state index is 0.750. The van der Waals surface area contributed by atoms with Crippen LogP contribution in [-0.4, -0.2) is 0 Å². The molecule has 2 heterocycles. The first-order valence-electron chi connectivity index (χ1n) is 11.9. The first kappa shape index (κ1) is 22.4. The fourth-order valence-corrected chi connectivity index (χ4v) is 6.51. The van der Waals surface area contributed by atoms with Crippen LogP contribution in [0.1, 0.15) is 70.8 Å². The minimum Gasteiger partial charge on any atom is -0.436 e. The second-order valence-corrected chi connectivity index (χ2v) is 10.7. The molecule has 4 aromatic rings. The summed E-state index contributed by atoms with van der Waals surface area (Å²) in [7, 11) is 0. The molecule has 2 aromatic carbocycles. The molecule has 0 fully saturated rings. The van der Waals surface area contributed by atoms with Crippen LogP contribution in [-0.2, 0) is 6.42 Å². The van der Waals surface area contributed by atoms with Gasteiger partial charge >= 0.3 is 0 Å². The van der Waals surface area contributed by atoms with Crippen LogP contribution in [0.5, 0.6) is 10.1 Å². The Balaban J connectivity index is 1.59. The molecule has 1 nitrogen and oxygen atoms in total. The van der Waals surface area contributed by atoms with Gasteiger partial charge in [-0.15, -0.1) is 0 Å². The Morgan fingerprint density at radius 3 is 2.32 bits per heavy atom. The summed E-state index contributed by atoms with van der Waals surface area (Å²) in [6.45, 7) is 4.60. The maximum Gasteiger partial charge on any atom is 0.186 e. The zero-order valence-electron chi connectivity index (χ0n) is 18.9. The van der Waals surface area contributed by atoms with E-state index in [2.05, 4.69) is 68.4 Å². The highest BCUT2D eigenvalue weighted by Crippen LogP contribution is 2.44. The first-order valence-corrected chi connectivity index (χ1v) is 13.6. The number of benzene rings is 2. The van der Waals surface area contributed by atoms with Gasteiger partial charge in [0.1, 0.15) is 0 Å². The third-order valence-corrected chi connectivity index (χ3v) is 8.27. The molecule has 3 heteroatoms. The molecule has 0 saturated carbocycles. The summed E-state index contributed by atoms with van der Waals surface area (Å²) in [4.78, 5) is 0. The highest BCUT2D eigenvalue weighted by atomic mass is 32.1. The second-order valence-electron chi connectivity index (χ2n) is 8.63. The summed E-state index contributed by atoms with van der Waals surface area (Å²) in [5, 5.41) is 4.76. The van der Waals surface area contributed by atoms with Crippen LogP contribution in [0.3, 0.4) is 0 Å². The van der Waals surface area contributed by atoms with Crippen LogP contribution in [0.15, 0.2) is 54.6 Å². The Morgan fingerprint density at radius 2 is 1.52 bits per heavy atom. The van der Waals surface area contributed by atoms with Gasteiger partial charge in [-0.1, -0.05) is 124 Å². The molecule has 0 N–H and O–H groups in total. The van der Waals surface area contributed by atoms with Crippen molar-refractivity contribution >= 4 is 42.8 Å². The Kier molecular flexibility index (Phi) is 8.04. The van der Waals surface area contributed by atoms with Gasteiger partial charge in [0.25, 0.3) is 0 Å². The average molecular weight is 451 g/mol. The van der Waals surface area contributed by atoms with E-state index in [1.807, 2.05) is 11.3 Å². The van der Waals surface area contributed by atoms with Crippen LogP contribution in [0.25, 0.3) is 20.2 Å². The maximum atomic E-state index is 6.56. The molecule has 0 bridgehead atoms. The van der Waals surface area contributed by atoms with Gasteiger partial charge in [0.05, 0.1) is 0 Å². The highest BCUT2D eigenvalue weighted by molar-refractivity contribution is 7.22. The molecule has 0 spiro atoms. The number of thiophene rings is 2. The van der Waals surface area contributed by atoms with Gasteiger partial charge < -0.3 is 4.74 Å². The quantitative estimate of drug-likeness (QED) is 0.195. The summed E-state index contributed by atoms with van der Waals surface area (Å²) in [6, 6.07) is 19.6. The van der Waals surface area contributed by atoms with E-state index in [4.69, 9.17) is 4.74 Å². The third kappa shape index (κ3) is 5.70. The molecule has 0 aliphatic rings. The number of hydrogen-bond acceptors (Lipinski definition) is 3. The molecule has 1 atom stereocenters. The largest absolute Gasteiger partial charge is 0.436 e. The Labute approximate surface area is 195 Å². The van der Waals surface area contributed by atoms with E-state index in [9.17, 15) is 0 Å². The molecule has 0 amide bonds. The summed E-state index contributed by atoms with van der Waals surface area (Å²) >= 11 is 3.56. The summed E-state index contributed by atoms with van der Waals surface area (Å²) < 4.78 is 9.20. The van der Waals surface area contributed by atoms with Crippen LogP contribution >= 0.6 is 22.7 Å². The zero-order chi connectivity index (χ0) is 21.5. The fourth-order valence-electron chi connectivity index (χ4n) is 4.44. The van der Waals surface area contributed by atoms with E-state index in [1.54, 1.807) is 11.3 Å². The van der Waals surface area contributed by atoms with Crippen molar-refractivity contribution in [3.05, 3.63) is 60.2 Å². The van der Waals surface area contributed by atoms with Crippen LogP contribution in [0, 0.1) is 5.92 Å². The molecule has 2 aromatic heterocycles. The molecule has 164 valence electrons. The molecule has 0 aliphatic carbocycles. The highest BCUT2D eigenvalue weighted by Gasteiger charge is 2.19. The van der Waals surface area contributed by atoms with E-state index in [1.165, 1.54) is 77.1 Å². The monoisotopic (exact) mass is 450 g/mol. The van der Waals surface area contributed by atoms with Gasteiger partial charge in [-0.25, -0.2) is 0 Å². The molecule has 1 unspecified atom stereocenters. The van der Waals surface area contributed by atoms with Crippen molar-refractivity contribution in [1.82, 2.24) is 0 Å². The topological polar surface area (TPSA) is 9.23 Å². The van der Waals surface area contributed by atoms with Crippen molar-refractivity contribution in [2.45, 2.75) is 71.6 Å². The Hall–Kier alpha value is -1.84.